The van der Waals surface area contributed by atoms with Crippen LogP contribution >= 0.6 is 47.8 Å². The molecule has 0 amide bonds. The Hall–Kier alpha value is 0.420. The van der Waals surface area contributed by atoms with Gasteiger partial charge < -0.3 is 9.47 Å². The van der Waals surface area contributed by atoms with Crippen LogP contribution in [0.5, 0.6) is 5.75 Å². The molecule has 1 aromatic carbocycles. The van der Waals surface area contributed by atoms with Crippen LogP contribution in [0.1, 0.15) is 26.7 Å². The number of benzene rings is 1. The Bertz CT molecular complexity index is 460. The Labute approximate surface area is 139 Å². The summed E-state index contributed by atoms with van der Waals surface area (Å²) < 4.78 is 14.4. The highest BCUT2D eigenvalue weighted by Crippen LogP contribution is 2.40. The van der Waals surface area contributed by atoms with Crippen molar-refractivity contribution in [3.05, 3.63) is 25.6 Å². The minimum atomic E-state index is 0.329. The first kappa shape index (κ1) is 15.8. The third kappa shape index (κ3) is 3.36. The van der Waals surface area contributed by atoms with Crippen molar-refractivity contribution in [2.75, 3.05) is 13.2 Å². The average molecular weight is 457 g/mol. The minimum Gasteiger partial charge on any atom is -0.492 e. The van der Waals surface area contributed by atoms with Crippen molar-refractivity contribution in [1.29, 1.82) is 0 Å². The van der Waals surface area contributed by atoms with Crippen molar-refractivity contribution in [3.63, 3.8) is 0 Å². The molecule has 1 heterocycles. The quantitative estimate of drug-likeness (QED) is 0.540. The highest BCUT2D eigenvalue weighted by molar-refractivity contribution is 9.14. The number of hydrogen-bond acceptors (Lipinski definition) is 2. The van der Waals surface area contributed by atoms with E-state index in [4.69, 9.17) is 9.47 Å². The normalized spacial score (nSPS) is 26.1. The van der Waals surface area contributed by atoms with Gasteiger partial charge in [-0.1, -0.05) is 13.8 Å². The van der Waals surface area contributed by atoms with Crippen molar-refractivity contribution < 1.29 is 9.47 Å². The lowest BCUT2D eigenvalue weighted by Crippen LogP contribution is -2.49. The van der Waals surface area contributed by atoms with E-state index >= 15 is 0 Å². The van der Waals surface area contributed by atoms with E-state index in [0.29, 0.717) is 18.1 Å². The second-order valence-electron chi connectivity index (χ2n) is 5.12. The van der Waals surface area contributed by atoms with Gasteiger partial charge in [0.15, 0.2) is 0 Å². The highest BCUT2D eigenvalue weighted by Gasteiger charge is 2.42. The van der Waals surface area contributed by atoms with E-state index in [1.807, 2.05) is 12.1 Å². The molecule has 19 heavy (non-hydrogen) atoms. The lowest BCUT2D eigenvalue weighted by Gasteiger charge is -2.46. The molecule has 0 N–H and O–H groups in total. The first-order valence-corrected chi connectivity index (χ1v) is 8.73. The Morgan fingerprint density at radius 2 is 2.05 bits per heavy atom. The summed E-state index contributed by atoms with van der Waals surface area (Å²) in [6.07, 6.45) is 2.42. The van der Waals surface area contributed by atoms with Crippen LogP contribution in [0.4, 0.5) is 0 Å². The summed E-state index contributed by atoms with van der Waals surface area (Å²) in [6, 6.07) is 3.93. The van der Waals surface area contributed by atoms with Crippen molar-refractivity contribution in [1.82, 2.24) is 0 Å². The van der Waals surface area contributed by atoms with E-state index in [2.05, 4.69) is 61.6 Å². The van der Waals surface area contributed by atoms with Crippen LogP contribution in [0.2, 0.25) is 0 Å². The van der Waals surface area contributed by atoms with Gasteiger partial charge in [-0.3, -0.25) is 0 Å². The molecule has 0 saturated carbocycles. The van der Waals surface area contributed by atoms with Crippen LogP contribution in [0.25, 0.3) is 0 Å². The average Bonchev–Trinajstić information content (AvgIpc) is 2.40. The Balaban J connectivity index is 1.89. The van der Waals surface area contributed by atoms with Gasteiger partial charge in [0.25, 0.3) is 0 Å². The molecule has 0 aliphatic carbocycles. The molecule has 0 bridgehead atoms. The van der Waals surface area contributed by atoms with Gasteiger partial charge in [0.05, 0.1) is 23.8 Å². The SMILES string of the molecule is CCC1(C)COC1CCOc1ccc(Br)c(Br)c1Br. The van der Waals surface area contributed by atoms with E-state index < -0.39 is 0 Å². The van der Waals surface area contributed by atoms with Crippen molar-refractivity contribution >= 4 is 47.8 Å². The zero-order valence-electron chi connectivity index (χ0n) is 11.0. The largest absolute Gasteiger partial charge is 0.492 e. The van der Waals surface area contributed by atoms with Gasteiger partial charge in [-0.2, -0.15) is 0 Å². The fourth-order valence-electron chi connectivity index (χ4n) is 2.14. The van der Waals surface area contributed by atoms with E-state index in [1.165, 1.54) is 0 Å². The highest BCUT2D eigenvalue weighted by atomic mass is 79.9. The Morgan fingerprint density at radius 1 is 1.32 bits per heavy atom. The molecule has 2 nitrogen and oxygen atoms in total. The lowest BCUT2D eigenvalue weighted by molar-refractivity contribution is -0.184. The second-order valence-corrected chi connectivity index (χ2v) is 7.56. The molecular formula is C14H17Br3O2. The van der Waals surface area contributed by atoms with E-state index in [-0.39, 0.29) is 0 Å². The number of hydrogen-bond donors (Lipinski definition) is 0. The van der Waals surface area contributed by atoms with Crippen molar-refractivity contribution in [2.24, 2.45) is 5.41 Å². The molecular weight excluding hydrogens is 440 g/mol. The zero-order valence-corrected chi connectivity index (χ0v) is 15.8. The van der Waals surface area contributed by atoms with Gasteiger partial charge in [-0.05, 0) is 66.3 Å². The van der Waals surface area contributed by atoms with Gasteiger partial charge in [0.1, 0.15) is 5.75 Å². The van der Waals surface area contributed by atoms with E-state index in [9.17, 15) is 0 Å². The summed E-state index contributed by atoms with van der Waals surface area (Å²) in [5.74, 6) is 0.854. The van der Waals surface area contributed by atoms with Gasteiger partial charge in [0.2, 0.25) is 0 Å². The topological polar surface area (TPSA) is 18.5 Å². The molecule has 2 atom stereocenters. The maximum Gasteiger partial charge on any atom is 0.134 e. The fourth-order valence-corrected chi connectivity index (χ4v) is 3.53. The predicted molar refractivity (Wildman–Crippen MR) is 87.8 cm³/mol. The third-order valence-electron chi connectivity index (χ3n) is 3.84. The van der Waals surface area contributed by atoms with Crippen LogP contribution in [0.15, 0.2) is 25.6 Å². The van der Waals surface area contributed by atoms with E-state index in [0.717, 1.165) is 38.6 Å². The summed E-state index contributed by atoms with van der Waals surface area (Å²) in [5, 5.41) is 0. The molecule has 1 aliphatic rings. The van der Waals surface area contributed by atoms with Gasteiger partial charge in [-0.25, -0.2) is 0 Å². The molecule has 2 unspecified atom stereocenters. The lowest BCUT2D eigenvalue weighted by atomic mass is 9.76. The zero-order chi connectivity index (χ0) is 14.0. The third-order valence-corrected chi connectivity index (χ3v) is 7.17. The second kappa shape index (κ2) is 6.46. The maximum absolute atomic E-state index is 5.84. The Kier molecular flexibility index (Phi) is 5.37. The minimum absolute atomic E-state index is 0.329. The first-order valence-electron chi connectivity index (χ1n) is 6.36. The van der Waals surface area contributed by atoms with Crippen molar-refractivity contribution in [2.45, 2.75) is 32.8 Å². The maximum atomic E-state index is 5.84. The summed E-state index contributed by atoms with van der Waals surface area (Å²) >= 11 is 10.5. The van der Waals surface area contributed by atoms with Crippen molar-refractivity contribution in [3.8, 4) is 5.75 Å². The van der Waals surface area contributed by atoms with Crippen LogP contribution in [-0.2, 0) is 4.74 Å². The molecule has 1 aromatic rings. The summed E-state index contributed by atoms with van der Waals surface area (Å²) in [6.45, 7) is 6.06. The smallest absolute Gasteiger partial charge is 0.134 e. The molecule has 0 spiro atoms. The molecule has 5 heteroatoms. The van der Waals surface area contributed by atoms with Crippen LogP contribution in [0, 0.1) is 5.41 Å². The number of rotatable bonds is 5. The molecule has 1 fully saturated rings. The standard InChI is InChI=1S/C14H17Br3O2/c1-3-14(2)8-19-11(14)6-7-18-10-5-4-9(15)12(16)13(10)17/h4-5,11H,3,6-8H2,1-2H3. The summed E-state index contributed by atoms with van der Waals surface area (Å²) in [7, 11) is 0. The Morgan fingerprint density at radius 3 is 2.63 bits per heavy atom. The molecule has 0 aromatic heterocycles. The van der Waals surface area contributed by atoms with E-state index in [1.54, 1.807) is 0 Å². The van der Waals surface area contributed by atoms with Crippen LogP contribution in [0.3, 0.4) is 0 Å². The molecule has 106 valence electrons. The predicted octanol–water partition coefficient (Wildman–Crippen LogP) is 5.56. The van der Waals surface area contributed by atoms with Gasteiger partial charge in [0, 0.05) is 20.8 Å². The van der Waals surface area contributed by atoms with Crippen LogP contribution in [-0.4, -0.2) is 19.3 Å². The number of ether oxygens (including phenoxy) is 2. The summed E-state index contributed by atoms with van der Waals surface area (Å²) in [4.78, 5) is 0. The van der Waals surface area contributed by atoms with Crippen LogP contribution < -0.4 is 4.74 Å². The molecule has 0 radical (unpaired) electrons. The molecule has 1 saturated heterocycles. The molecule has 2 rings (SSSR count). The first-order chi connectivity index (χ1) is 8.98. The molecule has 1 aliphatic heterocycles. The summed E-state index contributed by atoms with van der Waals surface area (Å²) in [5.41, 5.74) is 0.334. The van der Waals surface area contributed by atoms with Gasteiger partial charge >= 0.3 is 0 Å². The number of halogens is 3. The fraction of sp³-hybridized carbons (Fsp3) is 0.571. The monoisotopic (exact) mass is 454 g/mol. The van der Waals surface area contributed by atoms with Gasteiger partial charge in [-0.15, -0.1) is 0 Å².